The third-order valence-corrected chi connectivity index (χ3v) is 2.24. The van der Waals surface area contributed by atoms with Crippen LogP contribution >= 0.6 is 0 Å². The van der Waals surface area contributed by atoms with Crippen LogP contribution in [0, 0.1) is 0 Å². The van der Waals surface area contributed by atoms with Crippen molar-refractivity contribution in [3.8, 4) is 5.75 Å². The molecule has 0 spiro atoms. The fraction of sp³-hybridized carbons (Fsp3) is 0.385. The molecule has 0 N–H and O–H groups in total. The summed E-state index contributed by atoms with van der Waals surface area (Å²) in [5.41, 5.74) is 0.115. The molecule has 8 heteroatoms. The first-order valence-electron chi connectivity index (χ1n) is 5.96. The summed E-state index contributed by atoms with van der Waals surface area (Å²) < 4.78 is 14.4. The average Bonchev–Trinajstić information content (AvgIpc) is 2.47. The van der Waals surface area contributed by atoms with E-state index in [9.17, 15) is 9.59 Å². The molecule has 0 heterocycles. The lowest BCUT2D eigenvalue weighted by Gasteiger charge is -2.10. The van der Waals surface area contributed by atoms with Gasteiger partial charge in [-0.2, -0.15) is 0 Å². The molecule has 0 aliphatic heterocycles. The summed E-state index contributed by atoms with van der Waals surface area (Å²) in [4.78, 5) is 31.2. The van der Waals surface area contributed by atoms with Gasteiger partial charge in [0.15, 0.2) is 0 Å². The Labute approximate surface area is 121 Å². The number of para-hydroxylation sites is 1. The van der Waals surface area contributed by atoms with Crippen molar-refractivity contribution in [3.05, 3.63) is 29.8 Å². The van der Waals surface area contributed by atoms with Crippen molar-refractivity contribution in [2.45, 2.75) is 13.0 Å². The lowest BCUT2D eigenvalue weighted by molar-refractivity contribution is -0.453. The molecule has 0 bridgehead atoms. The van der Waals surface area contributed by atoms with Crippen LogP contribution in [-0.4, -0.2) is 39.1 Å². The van der Waals surface area contributed by atoms with Crippen molar-refractivity contribution < 1.29 is 38.6 Å². The molecule has 116 valence electrons. The number of carbonyl (C=O) groups excluding carboxylic acids is 2. The van der Waals surface area contributed by atoms with Gasteiger partial charge in [-0.05, 0) is 19.1 Å². The number of benzene rings is 1. The lowest BCUT2D eigenvalue weighted by Crippen LogP contribution is -2.21. The topological polar surface area (TPSA) is 89.5 Å². The van der Waals surface area contributed by atoms with E-state index in [0.717, 1.165) is 0 Å². The van der Waals surface area contributed by atoms with Crippen molar-refractivity contribution in [1.29, 1.82) is 0 Å². The lowest BCUT2D eigenvalue weighted by atomic mass is 10.2. The highest BCUT2D eigenvalue weighted by atomic mass is 17.5. The number of ether oxygens (including phenoxy) is 3. The molecular formula is C13H16O8. The Kier molecular flexibility index (Phi) is 6.99. The molecule has 1 unspecified atom stereocenters. The molecule has 0 amide bonds. The number of hydrogen-bond donors (Lipinski definition) is 0. The SMILES string of the molecule is COCC(C)OC(=O)OOOC(=O)c1ccccc1OC. The standard InChI is InChI=1S/C13H16O8/c1-9(8-16-2)18-13(15)20-21-19-12(14)10-6-4-5-7-11(10)17-3/h4-7,9H,8H2,1-3H3. The minimum Gasteiger partial charge on any atom is -0.496 e. The van der Waals surface area contributed by atoms with Crippen LogP contribution in [0.15, 0.2) is 24.3 Å². The third kappa shape index (κ3) is 5.67. The zero-order chi connectivity index (χ0) is 15.7. The minimum atomic E-state index is -1.16. The molecule has 0 radical (unpaired) electrons. The van der Waals surface area contributed by atoms with Gasteiger partial charge in [-0.25, -0.2) is 14.5 Å². The van der Waals surface area contributed by atoms with Crippen LogP contribution in [-0.2, 0) is 24.3 Å². The molecule has 0 fully saturated rings. The van der Waals surface area contributed by atoms with Gasteiger partial charge >= 0.3 is 12.1 Å². The maximum absolute atomic E-state index is 11.7. The number of hydrogen-bond acceptors (Lipinski definition) is 8. The highest BCUT2D eigenvalue weighted by Crippen LogP contribution is 2.18. The Balaban J connectivity index is 2.38. The smallest absolute Gasteiger partial charge is 0.496 e. The molecule has 0 saturated carbocycles. The van der Waals surface area contributed by atoms with E-state index < -0.39 is 18.2 Å². The van der Waals surface area contributed by atoms with Gasteiger partial charge in [0.2, 0.25) is 0 Å². The van der Waals surface area contributed by atoms with Crippen molar-refractivity contribution in [3.63, 3.8) is 0 Å². The van der Waals surface area contributed by atoms with Crippen molar-refractivity contribution in [2.75, 3.05) is 20.8 Å². The van der Waals surface area contributed by atoms with E-state index in [-0.39, 0.29) is 12.2 Å². The quantitative estimate of drug-likeness (QED) is 0.428. The fourth-order valence-electron chi connectivity index (χ4n) is 1.39. The van der Waals surface area contributed by atoms with E-state index in [1.54, 1.807) is 25.1 Å². The van der Waals surface area contributed by atoms with Crippen molar-refractivity contribution in [1.82, 2.24) is 0 Å². The van der Waals surface area contributed by atoms with Crippen LogP contribution in [0.2, 0.25) is 0 Å². The second-order valence-electron chi connectivity index (χ2n) is 3.86. The van der Waals surface area contributed by atoms with Crippen molar-refractivity contribution in [2.24, 2.45) is 0 Å². The van der Waals surface area contributed by atoms with E-state index in [2.05, 4.69) is 14.8 Å². The molecule has 1 aromatic carbocycles. The van der Waals surface area contributed by atoms with Crippen LogP contribution in [0.5, 0.6) is 5.75 Å². The van der Waals surface area contributed by atoms with E-state index in [1.165, 1.54) is 20.3 Å². The van der Waals surface area contributed by atoms with Gasteiger partial charge in [-0.15, -0.1) is 0 Å². The number of rotatable bonds is 7. The van der Waals surface area contributed by atoms with Crippen molar-refractivity contribution >= 4 is 12.1 Å². The monoisotopic (exact) mass is 300 g/mol. The number of methoxy groups -OCH3 is 2. The second-order valence-corrected chi connectivity index (χ2v) is 3.86. The molecule has 1 rings (SSSR count). The van der Waals surface area contributed by atoms with Crippen LogP contribution in [0.3, 0.4) is 0 Å². The van der Waals surface area contributed by atoms with Gasteiger partial charge in [0.25, 0.3) is 0 Å². The minimum absolute atomic E-state index is 0.115. The normalized spacial score (nSPS) is 11.4. The summed E-state index contributed by atoms with van der Waals surface area (Å²) in [5, 5.41) is 4.07. The highest BCUT2D eigenvalue weighted by Gasteiger charge is 2.17. The van der Waals surface area contributed by atoms with Gasteiger partial charge < -0.3 is 14.2 Å². The Morgan fingerprint density at radius 2 is 1.86 bits per heavy atom. The van der Waals surface area contributed by atoms with Gasteiger partial charge in [0, 0.05) is 7.11 Å². The maximum atomic E-state index is 11.7. The summed E-state index contributed by atoms with van der Waals surface area (Å²) in [5.74, 6) is -0.590. The zero-order valence-electron chi connectivity index (χ0n) is 11.9. The maximum Gasteiger partial charge on any atom is 0.543 e. The Hall–Kier alpha value is -2.32. The molecule has 21 heavy (non-hydrogen) atoms. The molecule has 8 nitrogen and oxygen atoms in total. The predicted molar refractivity (Wildman–Crippen MR) is 68.4 cm³/mol. The Morgan fingerprint density at radius 3 is 2.52 bits per heavy atom. The molecule has 0 saturated heterocycles. The van der Waals surface area contributed by atoms with E-state index in [4.69, 9.17) is 14.2 Å². The Morgan fingerprint density at radius 1 is 1.14 bits per heavy atom. The molecule has 1 atom stereocenters. The second kappa shape index (κ2) is 8.77. The van der Waals surface area contributed by atoms with Crippen LogP contribution < -0.4 is 4.74 Å². The predicted octanol–water partition coefficient (Wildman–Crippen LogP) is 1.89. The van der Waals surface area contributed by atoms with E-state index in [0.29, 0.717) is 5.75 Å². The summed E-state index contributed by atoms with van der Waals surface area (Å²) in [6.07, 6.45) is -1.69. The van der Waals surface area contributed by atoms with Crippen LogP contribution in [0.25, 0.3) is 0 Å². The molecule has 0 aromatic heterocycles. The molecule has 1 aromatic rings. The number of carbonyl (C=O) groups is 2. The van der Waals surface area contributed by atoms with Gasteiger partial charge in [-0.3, -0.25) is 4.89 Å². The molecule has 0 aliphatic carbocycles. The summed E-state index contributed by atoms with van der Waals surface area (Å²) >= 11 is 0. The largest absolute Gasteiger partial charge is 0.543 e. The van der Waals surface area contributed by atoms with Gasteiger partial charge in [-0.1, -0.05) is 12.1 Å². The average molecular weight is 300 g/mol. The third-order valence-electron chi connectivity index (χ3n) is 2.24. The van der Waals surface area contributed by atoms with Crippen LogP contribution in [0.1, 0.15) is 17.3 Å². The Bertz CT molecular complexity index is 473. The highest BCUT2D eigenvalue weighted by molar-refractivity contribution is 5.92. The van der Waals surface area contributed by atoms with E-state index >= 15 is 0 Å². The molecule has 0 aliphatic rings. The fourth-order valence-corrected chi connectivity index (χ4v) is 1.39. The zero-order valence-corrected chi connectivity index (χ0v) is 11.9. The summed E-state index contributed by atoms with van der Waals surface area (Å²) in [7, 11) is 2.86. The molecular weight excluding hydrogens is 284 g/mol. The van der Waals surface area contributed by atoms with Gasteiger partial charge in [0.1, 0.15) is 17.4 Å². The van der Waals surface area contributed by atoms with Crippen LogP contribution in [0.4, 0.5) is 4.79 Å². The summed E-state index contributed by atoms with van der Waals surface area (Å²) in [6.45, 7) is 1.78. The van der Waals surface area contributed by atoms with E-state index in [1.807, 2.05) is 0 Å². The first-order valence-corrected chi connectivity index (χ1v) is 5.96. The first kappa shape index (κ1) is 16.7. The van der Waals surface area contributed by atoms with Gasteiger partial charge in [0.05, 0.1) is 18.8 Å². The first-order chi connectivity index (χ1) is 10.1. The summed E-state index contributed by atoms with van der Waals surface area (Å²) in [6, 6.07) is 6.32.